The van der Waals surface area contributed by atoms with Crippen molar-refractivity contribution in [2.24, 2.45) is 0 Å². The number of halogens is 1. The minimum absolute atomic E-state index is 0.426. The van der Waals surface area contributed by atoms with Gasteiger partial charge < -0.3 is 9.73 Å². The van der Waals surface area contributed by atoms with E-state index in [1.165, 1.54) is 9.75 Å². The molecule has 1 aromatic carbocycles. The molecule has 6 heteroatoms. The number of anilines is 1. The monoisotopic (exact) mass is 338 g/mol. The lowest BCUT2D eigenvalue weighted by Crippen LogP contribution is -1.97. The Kier molecular flexibility index (Phi) is 3.20. The molecule has 4 nitrogen and oxygen atoms in total. The largest absolute Gasteiger partial charge is 0.417 e. The predicted molar refractivity (Wildman–Crippen MR) is 80.9 cm³/mol. The van der Waals surface area contributed by atoms with Gasteiger partial charge in [0.05, 0.1) is 5.52 Å². The molecule has 0 aliphatic rings. The van der Waals surface area contributed by atoms with Gasteiger partial charge in [-0.05, 0) is 47.1 Å². The van der Waals surface area contributed by atoms with Gasteiger partial charge in [0.2, 0.25) is 0 Å². The molecule has 0 unspecified atom stereocenters. The molecule has 19 heavy (non-hydrogen) atoms. The van der Waals surface area contributed by atoms with Crippen molar-refractivity contribution in [3.05, 3.63) is 49.0 Å². The third kappa shape index (κ3) is 2.59. The predicted octanol–water partition coefficient (Wildman–Crippen LogP) is 3.87. The number of hydrogen-bond donors (Lipinski definition) is 2. The fourth-order valence-electron chi connectivity index (χ4n) is 1.86. The SMILES string of the molecule is Cc1sc(CNc2ccc3oc(=O)[nH]c3c2)cc1Br. The van der Waals surface area contributed by atoms with Gasteiger partial charge in [-0.1, -0.05) is 0 Å². The van der Waals surface area contributed by atoms with Gasteiger partial charge in [-0.25, -0.2) is 4.79 Å². The highest BCUT2D eigenvalue weighted by Gasteiger charge is 2.04. The molecule has 0 aliphatic carbocycles. The fraction of sp³-hybridized carbons (Fsp3) is 0.154. The Morgan fingerprint density at radius 3 is 3.00 bits per heavy atom. The van der Waals surface area contributed by atoms with Crippen molar-refractivity contribution in [3.8, 4) is 0 Å². The second-order valence-corrected chi connectivity index (χ2v) is 6.39. The van der Waals surface area contributed by atoms with Gasteiger partial charge in [-0.3, -0.25) is 4.98 Å². The lowest BCUT2D eigenvalue weighted by Gasteiger charge is -2.04. The summed E-state index contributed by atoms with van der Waals surface area (Å²) in [7, 11) is 0. The molecule has 3 rings (SSSR count). The van der Waals surface area contributed by atoms with Crippen molar-refractivity contribution in [1.82, 2.24) is 4.98 Å². The quantitative estimate of drug-likeness (QED) is 0.762. The maximum atomic E-state index is 11.1. The van der Waals surface area contributed by atoms with Crippen LogP contribution in [0.5, 0.6) is 0 Å². The van der Waals surface area contributed by atoms with Crippen LogP contribution in [0.25, 0.3) is 11.1 Å². The highest BCUT2D eigenvalue weighted by atomic mass is 79.9. The zero-order valence-electron chi connectivity index (χ0n) is 10.1. The minimum atomic E-state index is -0.426. The van der Waals surface area contributed by atoms with E-state index in [0.717, 1.165) is 16.7 Å². The number of aromatic amines is 1. The second-order valence-electron chi connectivity index (χ2n) is 4.20. The average Bonchev–Trinajstić information content (AvgIpc) is 2.88. The van der Waals surface area contributed by atoms with E-state index in [9.17, 15) is 4.79 Å². The van der Waals surface area contributed by atoms with Crippen molar-refractivity contribution in [1.29, 1.82) is 0 Å². The van der Waals surface area contributed by atoms with Gasteiger partial charge in [0.25, 0.3) is 0 Å². The van der Waals surface area contributed by atoms with E-state index >= 15 is 0 Å². The Morgan fingerprint density at radius 2 is 2.26 bits per heavy atom. The molecule has 0 radical (unpaired) electrons. The molecule has 0 bridgehead atoms. The van der Waals surface area contributed by atoms with E-state index < -0.39 is 5.76 Å². The van der Waals surface area contributed by atoms with E-state index in [1.807, 2.05) is 12.1 Å². The first-order chi connectivity index (χ1) is 9.11. The van der Waals surface area contributed by atoms with Crippen LogP contribution >= 0.6 is 27.3 Å². The third-order valence-corrected chi connectivity index (χ3v) is 4.93. The molecular weight excluding hydrogens is 328 g/mol. The number of rotatable bonds is 3. The summed E-state index contributed by atoms with van der Waals surface area (Å²) in [4.78, 5) is 16.2. The zero-order chi connectivity index (χ0) is 13.4. The van der Waals surface area contributed by atoms with Gasteiger partial charge in [0, 0.05) is 26.5 Å². The molecule has 0 saturated carbocycles. The van der Waals surface area contributed by atoms with Crippen LogP contribution in [0.15, 0.2) is 37.9 Å². The van der Waals surface area contributed by atoms with Crippen LogP contribution in [0.3, 0.4) is 0 Å². The number of hydrogen-bond acceptors (Lipinski definition) is 4. The number of aryl methyl sites for hydroxylation is 1. The lowest BCUT2D eigenvalue weighted by atomic mass is 10.3. The van der Waals surface area contributed by atoms with E-state index in [-0.39, 0.29) is 0 Å². The van der Waals surface area contributed by atoms with Gasteiger partial charge in [0.15, 0.2) is 5.58 Å². The molecule has 0 amide bonds. The van der Waals surface area contributed by atoms with Crippen molar-refractivity contribution in [2.75, 3.05) is 5.32 Å². The average molecular weight is 339 g/mol. The van der Waals surface area contributed by atoms with Gasteiger partial charge in [-0.2, -0.15) is 0 Å². The lowest BCUT2D eigenvalue weighted by molar-refractivity contribution is 0.555. The molecule has 98 valence electrons. The molecule has 0 aliphatic heterocycles. The van der Waals surface area contributed by atoms with E-state index in [0.29, 0.717) is 11.1 Å². The molecule has 2 heterocycles. The van der Waals surface area contributed by atoms with Gasteiger partial charge >= 0.3 is 5.76 Å². The van der Waals surface area contributed by atoms with Crippen LogP contribution in [0.4, 0.5) is 5.69 Å². The number of fused-ring (bicyclic) bond motifs is 1. The molecule has 0 saturated heterocycles. The van der Waals surface area contributed by atoms with Crippen LogP contribution in [0, 0.1) is 6.92 Å². The van der Waals surface area contributed by atoms with Crippen molar-refractivity contribution in [2.45, 2.75) is 13.5 Å². The fourth-order valence-corrected chi connectivity index (χ4v) is 3.40. The van der Waals surface area contributed by atoms with Crippen molar-refractivity contribution in [3.63, 3.8) is 0 Å². The maximum Gasteiger partial charge on any atom is 0.417 e. The minimum Gasteiger partial charge on any atom is -0.408 e. The molecule has 0 atom stereocenters. The Bertz CT molecular complexity index is 768. The van der Waals surface area contributed by atoms with E-state index in [2.05, 4.69) is 39.2 Å². The van der Waals surface area contributed by atoms with Gasteiger partial charge in [0.1, 0.15) is 0 Å². The van der Waals surface area contributed by atoms with Crippen molar-refractivity contribution < 1.29 is 4.42 Å². The van der Waals surface area contributed by atoms with Crippen LogP contribution < -0.4 is 11.1 Å². The van der Waals surface area contributed by atoms with Gasteiger partial charge in [-0.15, -0.1) is 11.3 Å². The van der Waals surface area contributed by atoms with Crippen molar-refractivity contribution >= 4 is 44.1 Å². The number of H-pyrrole nitrogens is 1. The summed E-state index contributed by atoms with van der Waals surface area (Å²) in [6, 6.07) is 7.67. The summed E-state index contributed by atoms with van der Waals surface area (Å²) in [6.07, 6.45) is 0. The molecule has 0 fully saturated rings. The summed E-state index contributed by atoms with van der Waals surface area (Å²) >= 11 is 5.26. The smallest absolute Gasteiger partial charge is 0.408 e. The number of nitrogens with one attached hydrogen (secondary N) is 2. The number of oxazole rings is 1. The summed E-state index contributed by atoms with van der Waals surface area (Å²) in [6.45, 7) is 2.84. The van der Waals surface area contributed by atoms with Crippen LogP contribution in [0.1, 0.15) is 9.75 Å². The first-order valence-electron chi connectivity index (χ1n) is 5.73. The maximum absolute atomic E-state index is 11.1. The Labute approximate surface area is 121 Å². The summed E-state index contributed by atoms with van der Waals surface area (Å²) in [5.41, 5.74) is 2.23. The van der Waals surface area contributed by atoms with Crippen LogP contribution in [-0.4, -0.2) is 4.98 Å². The van der Waals surface area contributed by atoms with E-state index in [4.69, 9.17) is 4.42 Å². The molecule has 3 aromatic rings. The Balaban J connectivity index is 1.79. The molecule has 0 spiro atoms. The molecular formula is C13H11BrN2O2S. The highest BCUT2D eigenvalue weighted by Crippen LogP contribution is 2.27. The zero-order valence-corrected chi connectivity index (χ0v) is 12.5. The first kappa shape index (κ1) is 12.5. The Hall–Kier alpha value is -1.53. The number of aromatic nitrogens is 1. The second kappa shape index (κ2) is 4.86. The van der Waals surface area contributed by atoms with Crippen LogP contribution in [0.2, 0.25) is 0 Å². The number of benzene rings is 1. The summed E-state index contributed by atoms with van der Waals surface area (Å²) in [5, 5.41) is 3.33. The van der Waals surface area contributed by atoms with E-state index in [1.54, 1.807) is 17.4 Å². The van der Waals surface area contributed by atoms with Crippen LogP contribution in [-0.2, 0) is 6.54 Å². The molecule has 2 N–H and O–H groups in total. The summed E-state index contributed by atoms with van der Waals surface area (Å²) in [5.74, 6) is -0.426. The topological polar surface area (TPSA) is 58.0 Å². The normalized spacial score (nSPS) is 11.1. The first-order valence-corrected chi connectivity index (χ1v) is 7.34. The Morgan fingerprint density at radius 1 is 1.42 bits per heavy atom. The molecule has 2 aromatic heterocycles. The number of thiophene rings is 1. The highest BCUT2D eigenvalue weighted by molar-refractivity contribution is 9.10. The summed E-state index contributed by atoms with van der Waals surface area (Å²) < 4.78 is 6.10. The standard InChI is InChI=1S/C13H11BrN2O2S/c1-7-10(14)5-9(19-7)6-15-8-2-3-12-11(4-8)16-13(17)18-12/h2-5,15H,6H2,1H3,(H,16,17). The third-order valence-electron chi connectivity index (χ3n) is 2.79.